The van der Waals surface area contributed by atoms with Crippen LogP contribution in [0.15, 0.2) is 18.2 Å². The highest BCUT2D eigenvalue weighted by Gasteiger charge is 2.48. The lowest BCUT2D eigenvalue weighted by molar-refractivity contribution is -0.125. The number of halogens is 1. The maximum Gasteiger partial charge on any atom is 0.223 e. The molecule has 3 heteroatoms. The number of nitrogens with one attached hydrogen (secondary N) is 1. The summed E-state index contributed by atoms with van der Waals surface area (Å²) in [5, 5.41) is 3.02. The van der Waals surface area contributed by atoms with Gasteiger partial charge in [0.25, 0.3) is 0 Å². The average Bonchev–Trinajstić information content (AvgIpc) is 2.99. The summed E-state index contributed by atoms with van der Waals surface area (Å²) < 4.78 is 13.5. The van der Waals surface area contributed by atoms with Crippen molar-refractivity contribution in [1.82, 2.24) is 5.32 Å². The summed E-state index contributed by atoms with van der Waals surface area (Å²) in [6.07, 6.45) is 3.42. The zero-order valence-electron chi connectivity index (χ0n) is 11.4. The zero-order chi connectivity index (χ0) is 13.6. The molecule has 3 unspecified atom stereocenters. The van der Waals surface area contributed by atoms with E-state index in [4.69, 9.17) is 0 Å². The highest BCUT2D eigenvalue weighted by Crippen LogP contribution is 2.54. The van der Waals surface area contributed by atoms with Crippen LogP contribution < -0.4 is 5.32 Å². The monoisotopic (exact) mass is 261 g/mol. The van der Waals surface area contributed by atoms with E-state index in [1.54, 1.807) is 13.0 Å². The van der Waals surface area contributed by atoms with Crippen LogP contribution in [0.2, 0.25) is 0 Å². The number of aryl methyl sites for hydroxylation is 1. The molecule has 0 spiro atoms. The molecule has 0 heterocycles. The molecule has 0 aromatic heterocycles. The second-order valence-electron chi connectivity index (χ2n) is 6.16. The summed E-state index contributed by atoms with van der Waals surface area (Å²) in [4.78, 5) is 12.1. The topological polar surface area (TPSA) is 29.1 Å². The molecule has 0 saturated heterocycles. The van der Waals surface area contributed by atoms with Crippen LogP contribution in [-0.2, 0) is 4.79 Å². The smallest absolute Gasteiger partial charge is 0.223 e. The molecule has 2 aliphatic rings. The molecule has 0 aliphatic heterocycles. The van der Waals surface area contributed by atoms with Crippen molar-refractivity contribution in [2.45, 2.75) is 39.2 Å². The average molecular weight is 261 g/mol. The Balaban J connectivity index is 1.62. The number of fused-ring (bicyclic) bond motifs is 1. The Morgan fingerprint density at radius 1 is 1.32 bits per heavy atom. The Morgan fingerprint density at radius 3 is 2.63 bits per heavy atom. The van der Waals surface area contributed by atoms with Gasteiger partial charge in [0.15, 0.2) is 0 Å². The van der Waals surface area contributed by atoms with Crippen LogP contribution in [0.25, 0.3) is 0 Å². The first-order valence-corrected chi connectivity index (χ1v) is 7.11. The minimum Gasteiger partial charge on any atom is -0.349 e. The molecule has 1 aromatic rings. The first-order valence-electron chi connectivity index (χ1n) is 7.11. The number of carbonyl (C=O) groups excluding carboxylic acids is 1. The van der Waals surface area contributed by atoms with Crippen molar-refractivity contribution in [2.24, 2.45) is 17.8 Å². The molecule has 1 amide bonds. The lowest BCUT2D eigenvalue weighted by atomic mass is 10.0. The van der Waals surface area contributed by atoms with Crippen molar-refractivity contribution < 1.29 is 9.18 Å². The molecule has 1 N–H and O–H groups in total. The lowest BCUT2D eigenvalue weighted by Crippen LogP contribution is -2.32. The van der Waals surface area contributed by atoms with Gasteiger partial charge in [-0.25, -0.2) is 4.39 Å². The van der Waals surface area contributed by atoms with E-state index in [1.807, 2.05) is 13.0 Å². The minimum absolute atomic E-state index is 0.125. The SMILES string of the molecule is Cc1ccc(C(C)NC(=O)C2CC3CC3C2)cc1F. The molecule has 0 radical (unpaired) electrons. The van der Waals surface area contributed by atoms with Crippen LogP contribution in [-0.4, -0.2) is 5.91 Å². The van der Waals surface area contributed by atoms with Crippen molar-refractivity contribution in [1.29, 1.82) is 0 Å². The van der Waals surface area contributed by atoms with Gasteiger partial charge in [-0.15, -0.1) is 0 Å². The van der Waals surface area contributed by atoms with Gasteiger partial charge in [0.1, 0.15) is 5.82 Å². The number of hydrogen-bond donors (Lipinski definition) is 1. The van der Waals surface area contributed by atoms with Gasteiger partial charge in [-0.1, -0.05) is 12.1 Å². The molecular formula is C16H20FNO. The molecular weight excluding hydrogens is 241 g/mol. The molecule has 1 aromatic carbocycles. The molecule has 3 atom stereocenters. The maximum absolute atomic E-state index is 13.5. The van der Waals surface area contributed by atoms with E-state index in [1.165, 1.54) is 12.5 Å². The van der Waals surface area contributed by atoms with Crippen molar-refractivity contribution in [3.05, 3.63) is 35.1 Å². The molecule has 2 nitrogen and oxygen atoms in total. The van der Waals surface area contributed by atoms with Crippen LogP contribution in [0, 0.1) is 30.5 Å². The molecule has 2 saturated carbocycles. The largest absolute Gasteiger partial charge is 0.349 e. The highest BCUT2D eigenvalue weighted by molar-refractivity contribution is 5.79. The normalized spacial score (nSPS) is 29.7. The second-order valence-corrected chi connectivity index (χ2v) is 6.16. The van der Waals surface area contributed by atoms with Gasteiger partial charge in [0.05, 0.1) is 6.04 Å². The van der Waals surface area contributed by atoms with Gasteiger partial charge >= 0.3 is 0 Å². The van der Waals surface area contributed by atoms with Crippen LogP contribution in [0.1, 0.15) is 43.4 Å². The highest BCUT2D eigenvalue weighted by atomic mass is 19.1. The van der Waals surface area contributed by atoms with Gasteiger partial charge in [0.2, 0.25) is 5.91 Å². The molecule has 102 valence electrons. The quantitative estimate of drug-likeness (QED) is 0.888. The fourth-order valence-electron chi connectivity index (χ4n) is 3.22. The van der Waals surface area contributed by atoms with E-state index >= 15 is 0 Å². The molecule has 0 bridgehead atoms. The molecule has 2 aliphatic carbocycles. The van der Waals surface area contributed by atoms with Crippen LogP contribution in [0.4, 0.5) is 4.39 Å². The number of carbonyl (C=O) groups is 1. The fraction of sp³-hybridized carbons (Fsp3) is 0.562. The Hall–Kier alpha value is -1.38. The minimum atomic E-state index is -0.208. The summed E-state index contributed by atoms with van der Waals surface area (Å²) in [5.41, 5.74) is 1.47. The summed E-state index contributed by atoms with van der Waals surface area (Å²) in [7, 11) is 0. The van der Waals surface area contributed by atoms with E-state index in [-0.39, 0.29) is 23.7 Å². The lowest BCUT2D eigenvalue weighted by Gasteiger charge is -2.18. The second kappa shape index (κ2) is 4.62. The van der Waals surface area contributed by atoms with E-state index < -0.39 is 0 Å². The van der Waals surface area contributed by atoms with E-state index in [2.05, 4.69) is 5.32 Å². The summed E-state index contributed by atoms with van der Waals surface area (Å²) in [6, 6.07) is 5.04. The van der Waals surface area contributed by atoms with Gasteiger partial charge < -0.3 is 5.32 Å². The van der Waals surface area contributed by atoms with E-state index in [0.29, 0.717) is 5.56 Å². The number of hydrogen-bond acceptors (Lipinski definition) is 1. The van der Waals surface area contributed by atoms with Crippen LogP contribution in [0.5, 0.6) is 0 Å². The molecule has 2 fully saturated rings. The van der Waals surface area contributed by atoms with Crippen molar-refractivity contribution >= 4 is 5.91 Å². The van der Waals surface area contributed by atoms with Gasteiger partial charge in [-0.3, -0.25) is 4.79 Å². The summed E-state index contributed by atoms with van der Waals surface area (Å²) in [5.74, 6) is 1.73. The summed E-state index contributed by atoms with van der Waals surface area (Å²) in [6.45, 7) is 3.66. The van der Waals surface area contributed by atoms with Crippen molar-refractivity contribution in [2.75, 3.05) is 0 Å². The Labute approximate surface area is 113 Å². The third-order valence-electron chi connectivity index (χ3n) is 4.67. The predicted octanol–water partition coefficient (Wildman–Crippen LogP) is 3.36. The summed E-state index contributed by atoms with van der Waals surface area (Å²) >= 11 is 0. The van der Waals surface area contributed by atoms with Crippen LogP contribution in [0.3, 0.4) is 0 Å². The third-order valence-corrected chi connectivity index (χ3v) is 4.67. The number of benzene rings is 1. The van der Waals surface area contributed by atoms with Crippen LogP contribution >= 0.6 is 0 Å². The van der Waals surface area contributed by atoms with Gasteiger partial charge in [-0.2, -0.15) is 0 Å². The predicted molar refractivity (Wildman–Crippen MR) is 72.0 cm³/mol. The third kappa shape index (κ3) is 2.51. The maximum atomic E-state index is 13.5. The fourth-order valence-corrected chi connectivity index (χ4v) is 3.22. The van der Waals surface area contributed by atoms with Crippen molar-refractivity contribution in [3.63, 3.8) is 0 Å². The first-order chi connectivity index (χ1) is 9.04. The molecule has 19 heavy (non-hydrogen) atoms. The van der Waals surface area contributed by atoms with Gasteiger partial charge in [-0.05, 0) is 62.1 Å². The standard InChI is InChI=1S/C16H20FNO/c1-9-3-4-11(8-15(9)17)10(2)18-16(19)14-6-12-5-13(12)7-14/h3-4,8,10,12-14H,5-7H2,1-2H3,(H,18,19). The van der Waals surface area contributed by atoms with E-state index in [9.17, 15) is 9.18 Å². The van der Waals surface area contributed by atoms with Crippen molar-refractivity contribution in [3.8, 4) is 0 Å². The van der Waals surface area contributed by atoms with E-state index in [0.717, 1.165) is 30.2 Å². The first kappa shape index (κ1) is 12.6. The Morgan fingerprint density at radius 2 is 2.00 bits per heavy atom. The van der Waals surface area contributed by atoms with Gasteiger partial charge in [0, 0.05) is 5.92 Å². The number of rotatable bonds is 3. The Kier molecular flexibility index (Phi) is 3.08. The zero-order valence-corrected chi connectivity index (χ0v) is 11.4. The number of amides is 1. The molecule has 3 rings (SSSR count). The Bertz CT molecular complexity index is 503.